The Morgan fingerprint density at radius 3 is 1.60 bits per heavy atom. The van der Waals surface area contributed by atoms with Crippen LogP contribution in [0.15, 0.2) is 0 Å². The summed E-state index contributed by atoms with van der Waals surface area (Å²) in [6.07, 6.45) is 8.22. The first kappa shape index (κ1) is 13.7. The van der Waals surface area contributed by atoms with Gasteiger partial charge in [-0.25, -0.2) is 0 Å². The fourth-order valence-corrected chi connectivity index (χ4v) is 1.62. The summed E-state index contributed by atoms with van der Waals surface area (Å²) in [6, 6.07) is 0. The molecule has 1 N–H and O–H groups in total. The summed E-state index contributed by atoms with van der Waals surface area (Å²) in [7, 11) is -1.77. The number of aliphatic carboxylic acids is 1. The maximum atomic E-state index is 10.3. The van der Waals surface area contributed by atoms with E-state index in [2.05, 4.69) is 25.0 Å². The maximum absolute atomic E-state index is 10.3. The van der Waals surface area contributed by atoms with Crippen molar-refractivity contribution in [1.82, 2.24) is 0 Å². The summed E-state index contributed by atoms with van der Waals surface area (Å²) >= 11 is 0. The zero-order valence-corrected chi connectivity index (χ0v) is 7.40. The minimum absolute atomic E-state index is 0. The summed E-state index contributed by atoms with van der Waals surface area (Å²) in [6.45, 7) is 0. The molecule has 2 nitrogen and oxygen atoms in total. The minimum atomic E-state index is -1.77. The zero-order chi connectivity index (χ0) is 7.73. The van der Waals surface area contributed by atoms with Gasteiger partial charge >= 0.3 is 43.7 Å². The van der Waals surface area contributed by atoms with Gasteiger partial charge in [0, 0.05) is 0 Å². The molecule has 0 aromatic carbocycles. The van der Waals surface area contributed by atoms with Gasteiger partial charge in [-0.3, -0.25) is 14.0 Å². The van der Waals surface area contributed by atoms with Crippen molar-refractivity contribution in [2.45, 2.75) is 0 Å². The molecule has 0 aromatic heterocycles. The molecule has 0 unspecified atom stereocenters. The third-order valence-corrected chi connectivity index (χ3v) is 2.30. The van der Waals surface area contributed by atoms with Crippen molar-refractivity contribution in [2.24, 2.45) is 0 Å². The molecule has 0 atom stereocenters. The van der Waals surface area contributed by atoms with Gasteiger partial charge in [0.1, 0.15) is 0 Å². The zero-order valence-electron chi connectivity index (χ0n) is 6.51. The molecule has 0 radical (unpaired) electrons. The van der Waals surface area contributed by atoms with E-state index >= 15 is 0 Å². The van der Waals surface area contributed by atoms with Crippen LogP contribution in [0, 0.1) is 0 Å². The number of rotatable bonds is 2. The molecule has 0 aromatic rings. The Bertz CT molecular complexity index is 127. The Balaban J connectivity index is 0. The molecule has 0 amide bonds. The summed E-state index contributed by atoms with van der Waals surface area (Å²) in [4.78, 5) is 10.3. The van der Waals surface area contributed by atoms with Gasteiger partial charge in [0.15, 0.2) is 0 Å². The van der Waals surface area contributed by atoms with Crippen LogP contribution in [0.5, 0.6) is 0 Å². The second kappa shape index (κ2) is 3.65. The molecule has 0 aliphatic rings. The van der Waals surface area contributed by atoms with Crippen LogP contribution in [0.3, 0.4) is 0 Å². The molecule has 0 saturated carbocycles. The quantitative estimate of drug-likeness (QED) is 0.470. The fourth-order valence-electron chi connectivity index (χ4n) is 0.541. The van der Waals surface area contributed by atoms with Gasteiger partial charge in [-0.1, -0.05) is 0 Å². The average molecular weight is 194 g/mol. The van der Waals surface area contributed by atoms with Crippen molar-refractivity contribution in [3.8, 4) is 0 Å². The number of carboxylic acids is 1. The van der Waals surface area contributed by atoms with E-state index in [4.69, 9.17) is 5.11 Å². The van der Waals surface area contributed by atoms with Crippen LogP contribution >= 0.6 is 9.16 Å². The number of carboxylic acid groups (broad SMARTS) is 1. The number of hydrogen-bond donors (Lipinski definition) is 2. The molecule has 10 heavy (non-hydrogen) atoms. The molecule has 0 saturated heterocycles. The number of hydrogen-bond acceptors (Lipinski definition) is 1. The van der Waals surface area contributed by atoms with Gasteiger partial charge in [0.05, 0.1) is 5.75 Å². The van der Waals surface area contributed by atoms with E-state index < -0.39 is 15.1 Å². The first-order valence-electron chi connectivity index (χ1n) is 2.89. The molecule has 62 valence electrons. The van der Waals surface area contributed by atoms with Gasteiger partial charge in [0.25, 0.3) is 0 Å². The van der Waals surface area contributed by atoms with Crippen molar-refractivity contribution < 1.29 is 9.90 Å². The van der Waals surface area contributed by atoms with Crippen LogP contribution in [-0.4, -0.2) is 79.6 Å². The van der Waals surface area contributed by atoms with Gasteiger partial charge in [0.2, 0.25) is 0 Å². The third-order valence-electron chi connectivity index (χ3n) is 0.768. The molecule has 0 heterocycles. The fraction of sp³-hybridized carbons (Fsp3) is 0.833. The predicted octanol–water partition coefficient (Wildman–Crippen LogP) is -0.253. The Kier molecular flexibility index (Phi) is 4.99. The van der Waals surface area contributed by atoms with E-state index in [0.717, 1.165) is 0 Å². The normalized spacial score (nSPS) is 14.6. The third kappa shape index (κ3) is 11.8. The van der Waals surface area contributed by atoms with E-state index in [9.17, 15) is 4.79 Å². The monoisotopic (exact) mass is 194 g/mol. The van der Waals surface area contributed by atoms with E-state index in [1.807, 2.05) is 0 Å². The molecule has 0 aliphatic heterocycles. The molecule has 0 aliphatic carbocycles. The predicted molar refractivity (Wildman–Crippen MR) is 53.7 cm³/mol. The van der Waals surface area contributed by atoms with Crippen molar-refractivity contribution in [3.63, 3.8) is 0 Å². The van der Waals surface area contributed by atoms with E-state index in [-0.39, 0.29) is 37.7 Å². The summed E-state index contributed by atoms with van der Waals surface area (Å²) in [5.41, 5.74) is 0. The van der Waals surface area contributed by atoms with E-state index in [1.165, 1.54) is 0 Å². The van der Waals surface area contributed by atoms with Crippen LogP contribution in [-0.2, 0) is 4.79 Å². The van der Waals surface area contributed by atoms with Crippen LogP contribution in [0.2, 0.25) is 0 Å². The van der Waals surface area contributed by atoms with Gasteiger partial charge in [-0.05, 0) is 25.0 Å². The molecular formula is C6H18CaO2S. The van der Waals surface area contributed by atoms with Gasteiger partial charge in [-0.2, -0.15) is 0 Å². The van der Waals surface area contributed by atoms with E-state index in [1.54, 1.807) is 0 Å². The Morgan fingerprint density at radius 1 is 1.30 bits per heavy atom. The Morgan fingerprint density at radius 2 is 1.60 bits per heavy atom. The van der Waals surface area contributed by atoms with Crippen molar-refractivity contribution in [3.05, 3.63) is 0 Å². The molecule has 0 rings (SSSR count). The van der Waals surface area contributed by atoms with Crippen LogP contribution in [0.1, 0.15) is 0 Å². The molecular weight excluding hydrogens is 176 g/mol. The first-order valence-corrected chi connectivity index (χ1v) is 7.10. The Hall–Kier alpha value is 1.08. The second-order valence-corrected chi connectivity index (χ2v) is 12.7. The average Bonchev–Trinajstić information content (AvgIpc) is 1.16. The standard InChI is InChI=1S/C6H16O2S.Ca.2H/c1-9(2,3,4)5-6(7)8;;;/h9H,5H2,1-4H3,(H,7,8);;;. The summed E-state index contributed by atoms with van der Waals surface area (Å²) in [5, 5.41) is 8.45. The topological polar surface area (TPSA) is 37.3 Å². The summed E-state index contributed by atoms with van der Waals surface area (Å²) in [5.74, 6) is -0.339. The molecule has 0 spiro atoms. The molecule has 4 heteroatoms. The second-order valence-electron chi connectivity index (χ2n) is 4.50. The SMILES string of the molecule is C[SH](C)(C)(C)CC(=O)O.[CaH2]. The van der Waals surface area contributed by atoms with Crippen LogP contribution < -0.4 is 0 Å². The first-order chi connectivity index (χ1) is 3.67. The van der Waals surface area contributed by atoms with Crippen molar-refractivity contribution in [2.75, 3.05) is 30.8 Å². The van der Waals surface area contributed by atoms with Crippen molar-refractivity contribution >= 4 is 52.9 Å². The van der Waals surface area contributed by atoms with E-state index in [0.29, 0.717) is 5.75 Å². The van der Waals surface area contributed by atoms with Gasteiger partial charge in [-0.15, -0.1) is 0 Å². The number of thiol groups is 1. The number of carbonyl (C=O) groups is 1. The summed E-state index contributed by atoms with van der Waals surface area (Å²) < 4.78 is 0. The Labute approximate surface area is 92.7 Å². The van der Waals surface area contributed by atoms with Crippen LogP contribution in [0.25, 0.3) is 0 Å². The van der Waals surface area contributed by atoms with Crippen molar-refractivity contribution in [1.29, 1.82) is 0 Å². The van der Waals surface area contributed by atoms with Gasteiger partial charge < -0.3 is 5.11 Å². The molecule has 0 bridgehead atoms. The molecule has 0 fully saturated rings. The van der Waals surface area contributed by atoms with Crippen LogP contribution in [0.4, 0.5) is 0 Å².